The second-order valence-electron chi connectivity index (χ2n) is 9.82. The van der Waals surface area contributed by atoms with Crippen LogP contribution in [0.1, 0.15) is 61.8 Å². The van der Waals surface area contributed by atoms with Crippen molar-refractivity contribution in [2.75, 3.05) is 25.4 Å². The highest BCUT2D eigenvalue weighted by molar-refractivity contribution is 7.79. The highest BCUT2D eigenvalue weighted by Crippen LogP contribution is 2.38. The third-order valence-corrected chi connectivity index (χ3v) is 7.80. The minimum Gasteiger partial charge on any atom is -0.354 e. The van der Waals surface area contributed by atoms with Gasteiger partial charge < -0.3 is 14.4 Å². The number of fused-ring (bicyclic) bond motifs is 2. The molecule has 1 aliphatic heterocycles. The molecule has 5 rings (SSSR count). The van der Waals surface area contributed by atoms with E-state index in [4.69, 9.17) is 4.55 Å². The van der Waals surface area contributed by atoms with Crippen molar-refractivity contribution in [1.29, 1.82) is 0 Å². The van der Waals surface area contributed by atoms with Gasteiger partial charge in [-0.25, -0.2) is 8.72 Å². The van der Waals surface area contributed by atoms with E-state index in [1.165, 1.54) is 33.3 Å². The standard InChI is InChI=1S/C26H33N5O2S/c1-17(2)25-23-15-20(19-7-10-30(11-8-19)9-4-12-34(32)33)5-6-24(23)28-26(25)21-13-18(3)31-22(14-21)16-27-29-31/h5-6,13-17,19,28H,4,7-12H2,1-3H3,(H,32,33). The fourth-order valence-electron chi connectivity index (χ4n) is 5.46. The molecule has 0 amide bonds. The zero-order valence-electron chi connectivity index (χ0n) is 20.1. The van der Waals surface area contributed by atoms with Crippen LogP contribution in [0.4, 0.5) is 0 Å². The Morgan fingerprint density at radius 2 is 2.00 bits per heavy atom. The Kier molecular flexibility index (Phi) is 6.55. The predicted octanol–water partition coefficient (Wildman–Crippen LogP) is 5.10. The van der Waals surface area contributed by atoms with Crippen molar-refractivity contribution in [3.63, 3.8) is 0 Å². The summed E-state index contributed by atoms with van der Waals surface area (Å²) < 4.78 is 21.8. The summed E-state index contributed by atoms with van der Waals surface area (Å²) in [7, 11) is 0. The molecule has 4 aromatic rings. The molecule has 1 aliphatic rings. The molecule has 0 spiro atoms. The molecule has 1 saturated heterocycles. The zero-order chi connectivity index (χ0) is 23.8. The number of piperidine rings is 1. The number of likely N-dealkylation sites (tertiary alicyclic amines) is 1. The molecule has 2 N–H and O–H groups in total. The lowest BCUT2D eigenvalue weighted by Crippen LogP contribution is -2.34. The quantitative estimate of drug-likeness (QED) is 0.360. The van der Waals surface area contributed by atoms with Crippen molar-refractivity contribution in [2.45, 2.75) is 51.9 Å². The lowest BCUT2D eigenvalue weighted by molar-refractivity contribution is 0.213. The van der Waals surface area contributed by atoms with Gasteiger partial charge >= 0.3 is 0 Å². The molecule has 1 fully saturated rings. The maximum absolute atomic E-state index is 10.9. The monoisotopic (exact) mass is 479 g/mol. The number of rotatable bonds is 7. The second kappa shape index (κ2) is 9.60. The Morgan fingerprint density at radius 3 is 2.74 bits per heavy atom. The van der Waals surface area contributed by atoms with E-state index in [1.54, 1.807) is 0 Å². The van der Waals surface area contributed by atoms with E-state index in [9.17, 15) is 4.21 Å². The fourth-order valence-corrected chi connectivity index (χ4v) is 5.84. The van der Waals surface area contributed by atoms with Crippen LogP contribution in [-0.4, -0.2) is 58.9 Å². The van der Waals surface area contributed by atoms with Crippen LogP contribution in [0.15, 0.2) is 36.5 Å². The van der Waals surface area contributed by atoms with Crippen molar-refractivity contribution < 1.29 is 8.76 Å². The number of nitrogens with zero attached hydrogens (tertiary/aromatic N) is 4. The van der Waals surface area contributed by atoms with E-state index < -0.39 is 11.1 Å². The first kappa shape index (κ1) is 23.2. The molecule has 180 valence electrons. The third-order valence-electron chi connectivity index (χ3n) is 7.16. The lowest BCUT2D eigenvalue weighted by Gasteiger charge is -2.32. The van der Waals surface area contributed by atoms with Gasteiger partial charge in [0.2, 0.25) is 0 Å². The van der Waals surface area contributed by atoms with Crippen molar-refractivity contribution in [2.24, 2.45) is 0 Å². The van der Waals surface area contributed by atoms with Gasteiger partial charge in [-0.3, -0.25) is 0 Å². The highest BCUT2D eigenvalue weighted by Gasteiger charge is 2.23. The van der Waals surface area contributed by atoms with Crippen molar-refractivity contribution >= 4 is 27.5 Å². The van der Waals surface area contributed by atoms with Gasteiger partial charge in [-0.15, -0.1) is 5.10 Å². The van der Waals surface area contributed by atoms with Gasteiger partial charge in [0, 0.05) is 22.2 Å². The van der Waals surface area contributed by atoms with E-state index in [1.807, 2.05) is 10.7 Å². The van der Waals surface area contributed by atoms with Crippen molar-refractivity contribution in [3.05, 3.63) is 53.3 Å². The van der Waals surface area contributed by atoms with E-state index in [0.717, 1.165) is 50.1 Å². The molecule has 3 aromatic heterocycles. The molecule has 0 saturated carbocycles. The number of pyridine rings is 1. The van der Waals surface area contributed by atoms with Crippen LogP contribution in [0, 0.1) is 6.92 Å². The van der Waals surface area contributed by atoms with E-state index in [0.29, 0.717) is 17.6 Å². The maximum Gasteiger partial charge on any atom is 0.152 e. The first-order valence-electron chi connectivity index (χ1n) is 12.2. The average molecular weight is 480 g/mol. The number of hydrogen-bond acceptors (Lipinski definition) is 4. The number of aromatic nitrogens is 4. The maximum atomic E-state index is 10.9. The van der Waals surface area contributed by atoms with Crippen LogP contribution in [-0.2, 0) is 11.1 Å². The molecule has 1 aromatic carbocycles. The Labute approximate surface area is 202 Å². The highest BCUT2D eigenvalue weighted by atomic mass is 32.2. The van der Waals surface area contributed by atoms with E-state index in [2.05, 4.69) is 71.3 Å². The summed E-state index contributed by atoms with van der Waals surface area (Å²) in [6.45, 7) is 9.61. The van der Waals surface area contributed by atoms with E-state index >= 15 is 0 Å². The minimum absolute atomic E-state index is 0.369. The molecule has 0 radical (unpaired) electrons. The van der Waals surface area contributed by atoms with Crippen molar-refractivity contribution in [1.82, 2.24) is 24.7 Å². The number of aryl methyl sites for hydroxylation is 1. The normalized spacial score (nSPS) is 16.7. The van der Waals surface area contributed by atoms with Crippen LogP contribution in [0.3, 0.4) is 0 Å². The van der Waals surface area contributed by atoms with Crippen LogP contribution < -0.4 is 0 Å². The van der Waals surface area contributed by atoms with Gasteiger partial charge in [-0.1, -0.05) is 25.1 Å². The Bertz CT molecular complexity index is 1330. The summed E-state index contributed by atoms with van der Waals surface area (Å²) in [4.78, 5) is 6.14. The van der Waals surface area contributed by atoms with Gasteiger partial charge in [0.1, 0.15) is 0 Å². The third kappa shape index (κ3) is 4.54. The molecule has 8 heteroatoms. The number of hydrogen-bond donors (Lipinski definition) is 2. The van der Waals surface area contributed by atoms with Crippen LogP contribution in [0.2, 0.25) is 0 Å². The molecule has 0 bridgehead atoms. The minimum atomic E-state index is -1.68. The summed E-state index contributed by atoms with van der Waals surface area (Å²) in [6.07, 6.45) is 4.85. The zero-order valence-corrected chi connectivity index (χ0v) is 20.9. The molecule has 4 heterocycles. The van der Waals surface area contributed by atoms with Gasteiger partial charge in [0.15, 0.2) is 11.1 Å². The topological polar surface area (TPSA) is 86.5 Å². The van der Waals surface area contributed by atoms with Crippen molar-refractivity contribution in [3.8, 4) is 11.3 Å². The first-order chi connectivity index (χ1) is 16.4. The largest absolute Gasteiger partial charge is 0.354 e. The van der Waals surface area contributed by atoms with Gasteiger partial charge in [0.05, 0.1) is 23.2 Å². The van der Waals surface area contributed by atoms with Gasteiger partial charge in [-0.05, 0) is 93.0 Å². The average Bonchev–Trinajstić information content (AvgIpc) is 3.44. The Morgan fingerprint density at radius 1 is 1.21 bits per heavy atom. The summed E-state index contributed by atoms with van der Waals surface area (Å²) in [5, 5.41) is 9.56. The molecule has 34 heavy (non-hydrogen) atoms. The number of nitrogens with one attached hydrogen (secondary N) is 1. The van der Waals surface area contributed by atoms with Gasteiger partial charge in [-0.2, -0.15) is 0 Å². The Hall–Kier alpha value is -2.55. The first-order valence-corrected chi connectivity index (χ1v) is 13.4. The molecular formula is C26H33N5O2S. The number of benzene rings is 1. The molecule has 7 nitrogen and oxygen atoms in total. The number of aromatic amines is 1. The van der Waals surface area contributed by atoms with E-state index in [-0.39, 0.29) is 0 Å². The van der Waals surface area contributed by atoms with Crippen LogP contribution in [0.25, 0.3) is 27.7 Å². The second-order valence-corrected chi connectivity index (χ2v) is 10.9. The lowest BCUT2D eigenvalue weighted by atomic mass is 9.87. The fraction of sp³-hybridized carbons (Fsp3) is 0.462. The van der Waals surface area contributed by atoms with Crippen LogP contribution >= 0.6 is 0 Å². The summed E-state index contributed by atoms with van der Waals surface area (Å²) in [5.41, 5.74) is 8.39. The SMILES string of the molecule is Cc1cc(-c2[nH]c3ccc(C4CCN(CCCS(=O)O)CC4)cc3c2C(C)C)cc2cnnn12. The Balaban J connectivity index is 1.42. The smallest absolute Gasteiger partial charge is 0.152 e. The molecular weight excluding hydrogens is 446 g/mol. The summed E-state index contributed by atoms with van der Waals surface area (Å²) >= 11 is -1.68. The van der Waals surface area contributed by atoms with Crippen LogP contribution in [0.5, 0.6) is 0 Å². The molecule has 1 atom stereocenters. The number of H-pyrrole nitrogens is 1. The summed E-state index contributed by atoms with van der Waals surface area (Å²) in [6, 6.07) is 11.3. The summed E-state index contributed by atoms with van der Waals surface area (Å²) in [5.74, 6) is 1.31. The molecule has 1 unspecified atom stereocenters. The molecule has 0 aliphatic carbocycles. The predicted molar refractivity (Wildman–Crippen MR) is 138 cm³/mol. The van der Waals surface area contributed by atoms with Gasteiger partial charge in [0.25, 0.3) is 0 Å².